The summed E-state index contributed by atoms with van der Waals surface area (Å²) in [6.45, 7) is 0.510. The second-order valence-electron chi connectivity index (χ2n) is 5.57. The zero-order valence-corrected chi connectivity index (χ0v) is 13.5. The third-order valence-electron chi connectivity index (χ3n) is 4.09. The van der Waals surface area contributed by atoms with Crippen LogP contribution in [0.5, 0.6) is 0 Å². The minimum absolute atomic E-state index is 0.0835. The number of thioether (sulfide) groups is 1. The first kappa shape index (κ1) is 15.1. The summed E-state index contributed by atoms with van der Waals surface area (Å²) in [5.74, 6) is -0.457. The fourth-order valence-corrected chi connectivity index (χ4v) is 4.02. The Morgan fingerprint density at radius 3 is 2.79 bits per heavy atom. The summed E-state index contributed by atoms with van der Waals surface area (Å²) in [5.41, 5.74) is 0.342. The van der Waals surface area contributed by atoms with E-state index in [1.165, 1.54) is 22.7 Å². The van der Waals surface area contributed by atoms with E-state index in [1.807, 2.05) is 24.3 Å². The molecule has 4 nitrogen and oxygen atoms in total. The highest BCUT2D eigenvalue weighted by atomic mass is 32.2. The van der Waals surface area contributed by atoms with Gasteiger partial charge in [-0.1, -0.05) is 48.2 Å². The fraction of sp³-hybridized carbons (Fsp3) is 0.167. The number of hydrogen-bond acceptors (Lipinski definition) is 4. The maximum absolute atomic E-state index is 14.0. The van der Waals surface area contributed by atoms with Gasteiger partial charge in [0.2, 0.25) is 5.91 Å². The highest BCUT2D eigenvalue weighted by Gasteiger charge is 2.35. The molecule has 4 rings (SSSR count). The number of aromatic nitrogens is 2. The van der Waals surface area contributed by atoms with Gasteiger partial charge in [0.25, 0.3) is 0 Å². The lowest BCUT2D eigenvalue weighted by Crippen LogP contribution is -2.28. The molecule has 120 valence electrons. The number of benzene rings is 2. The Morgan fingerprint density at radius 1 is 1.12 bits per heavy atom. The van der Waals surface area contributed by atoms with Gasteiger partial charge in [0.05, 0.1) is 17.1 Å². The Balaban J connectivity index is 1.60. The number of rotatable bonds is 3. The molecule has 2 aromatic carbocycles. The number of carbonyl (C=O) groups is 1. The Labute approximate surface area is 142 Å². The maximum atomic E-state index is 14.0. The third-order valence-corrected chi connectivity index (χ3v) is 5.34. The van der Waals surface area contributed by atoms with E-state index < -0.39 is 0 Å². The van der Waals surface area contributed by atoms with Crippen molar-refractivity contribution in [2.24, 2.45) is 0 Å². The first-order valence-electron chi connectivity index (χ1n) is 7.67. The summed E-state index contributed by atoms with van der Waals surface area (Å²) < 4.78 is 14.0. The van der Waals surface area contributed by atoms with E-state index in [0.717, 1.165) is 15.8 Å². The summed E-state index contributed by atoms with van der Waals surface area (Å²) in [6, 6.07) is 14.2. The SMILES string of the molecule is O=C1[C@@H](Sc2nncc3ccccc23)CCN1c1ccccc1F. The second kappa shape index (κ2) is 6.20. The van der Waals surface area contributed by atoms with Gasteiger partial charge in [0.15, 0.2) is 0 Å². The van der Waals surface area contributed by atoms with Crippen LogP contribution in [-0.4, -0.2) is 27.9 Å². The average molecular weight is 339 g/mol. The number of hydrogen-bond donors (Lipinski definition) is 0. The zero-order chi connectivity index (χ0) is 16.5. The highest BCUT2D eigenvalue weighted by Crippen LogP contribution is 2.35. The Hall–Kier alpha value is -2.47. The van der Waals surface area contributed by atoms with Gasteiger partial charge in [-0.15, -0.1) is 5.10 Å². The van der Waals surface area contributed by atoms with Crippen molar-refractivity contribution in [2.45, 2.75) is 16.7 Å². The van der Waals surface area contributed by atoms with Crippen molar-refractivity contribution in [3.63, 3.8) is 0 Å². The van der Waals surface area contributed by atoms with Gasteiger partial charge >= 0.3 is 0 Å². The lowest BCUT2D eigenvalue weighted by molar-refractivity contribution is -0.116. The van der Waals surface area contributed by atoms with E-state index in [0.29, 0.717) is 18.7 Å². The summed E-state index contributed by atoms with van der Waals surface area (Å²) in [4.78, 5) is 14.2. The lowest BCUT2D eigenvalue weighted by atomic mass is 10.2. The summed E-state index contributed by atoms with van der Waals surface area (Å²) in [7, 11) is 0. The van der Waals surface area contributed by atoms with Crippen LogP contribution in [0.25, 0.3) is 10.8 Å². The summed E-state index contributed by atoms with van der Waals surface area (Å²) in [5, 5.41) is 10.6. The van der Waals surface area contributed by atoms with E-state index in [4.69, 9.17) is 0 Å². The van der Waals surface area contributed by atoms with Crippen molar-refractivity contribution in [1.29, 1.82) is 0 Å². The molecule has 2 heterocycles. The number of anilines is 1. The van der Waals surface area contributed by atoms with Gasteiger partial charge in [0.1, 0.15) is 10.8 Å². The number of nitrogens with zero attached hydrogens (tertiary/aromatic N) is 3. The Kier molecular flexibility index (Phi) is 3.90. The molecule has 3 aromatic rings. The Morgan fingerprint density at radius 2 is 1.92 bits per heavy atom. The summed E-state index contributed by atoms with van der Waals surface area (Å²) >= 11 is 1.41. The number of fused-ring (bicyclic) bond motifs is 1. The van der Waals surface area contributed by atoms with Gasteiger partial charge < -0.3 is 4.90 Å². The van der Waals surface area contributed by atoms with Crippen LogP contribution >= 0.6 is 11.8 Å². The molecule has 1 aliphatic rings. The van der Waals surface area contributed by atoms with Crippen LogP contribution in [0.15, 0.2) is 59.8 Å². The molecule has 0 aliphatic carbocycles. The first-order chi connectivity index (χ1) is 11.7. The molecule has 0 N–H and O–H groups in total. The maximum Gasteiger partial charge on any atom is 0.240 e. The molecule has 6 heteroatoms. The van der Waals surface area contributed by atoms with Crippen LogP contribution in [-0.2, 0) is 4.79 Å². The molecule has 24 heavy (non-hydrogen) atoms. The second-order valence-corrected chi connectivity index (χ2v) is 6.76. The third kappa shape index (κ3) is 2.63. The van der Waals surface area contributed by atoms with Crippen molar-refractivity contribution in [3.05, 3.63) is 60.5 Å². The van der Waals surface area contributed by atoms with E-state index in [2.05, 4.69) is 10.2 Å². The largest absolute Gasteiger partial charge is 0.309 e. The van der Waals surface area contributed by atoms with Gasteiger partial charge in [-0.2, -0.15) is 5.10 Å². The van der Waals surface area contributed by atoms with Gasteiger partial charge in [-0.05, 0) is 18.6 Å². The Bertz CT molecular complexity index is 912. The minimum atomic E-state index is -0.374. The van der Waals surface area contributed by atoms with Crippen LogP contribution in [0, 0.1) is 5.82 Å². The topological polar surface area (TPSA) is 46.1 Å². The normalized spacial score (nSPS) is 17.6. The highest BCUT2D eigenvalue weighted by molar-refractivity contribution is 8.00. The first-order valence-corrected chi connectivity index (χ1v) is 8.55. The molecule has 1 saturated heterocycles. The fourth-order valence-electron chi connectivity index (χ4n) is 2.90. The lowest BCUT2D eigenvalue weighted by Gasteiger charge is -2.17. The molecule has 1 aromatic heterocycles. The number of para-hydroxylation sites is 1. The monoisotopic (exact) mass is 339 g/mol. The molecule has 1 amide bonds. The predicted molar refractivity (Wildman–Crippen MR) is 92.6 cm³/mol. The average Bonchev–Trinajstić information content (AvgIpc) is 2.96. The molecule has 0 spiro atoms. The number of amides is 1. The number of carbonyl (C=O) groups excluding carboxylic acids is 1. The molecule has 0 bridgehead atoms. The van der Waals surface area contributed by atoms with Crippen LogP contribution in [0.1, 0.15) is 6.42 Å². The molecule has 1 fully saturated rings. The molecular formula is C18H14FN3OS. The van der Waals surface area contributed by atoms with Gasteiger partial charge in [0, 0.05) is 17.3 Å². The van der Waals surface area contributed by atoms with Gasteiger partial charge in [-0.25, -0.2) is 4.39 Å². The van der Waals surface area contributed by atoms with E-state index in [-0.39, 0.29) is 17.0 Å². The molecular weight excluding hydrogens is 325 g/mol. The van der Waals surface area contributed by atoms with Crippen molar-refractivity contribution >= 4 is 34.1 Å². The molecule has 0 radical (unpaired) electrons. The van der Waals surface area contributed by atoms with Crippen molar-refractivity contribution in [1.82, 2.24) is 10.2 Å². The molecule has 1 aliphatic heterocycles. The summed E-state index contributed by atoms with van der Waals surface area (Å²) in [6.07, 6.45) is 2.37. The van der Waals surface area contributed by atoms with Crippen LogP contribution in [0.3, 0.4) is 0 Å². The minimum Gasteiger partial charge on any atom is -0.309 e. The van der Waals surface area contributed by atoms with Crippen molar-refractivity contribution < 1.29 is 9.18 Å². The predicted octanol–water partition coefficient (Wildman–Crippen LogP) is 3.67. The smallest absolute Gasteiger partial charge is 0.240 e. The van der Waals surface area contributed by atoms with Crippen LogP contribution in [0.4, 0.5) is 10.1 Å². The number of halogens is 1. The molecule has 0 saturated carbocycles. The zero-order valence-electron chi connectivity index (χ0n) is 12.7. The van der Waals surface area contributed by atoms with E-state index in [1.54, 1.807) is 24.4 Å². The van der Waals surface area contributed by atoms with E-state index >= 15 is 0 Å². The molecule has 0 unspecified atom stereocenters. The quantitative estimate of drug-likeness (QED) is 0.730. The standard InChI is InChI=1S/C18H14FN3OS/c19-14-7-3-4-8-15(14)22-10-9-16(18(22)23)24-17-13-6-2-1-5-12(13)11-20-21-17/h1-8,11,16H,9-10H2/t16-/m0/s1. The van der Waals surface area contributed by atoms with Crippen molar-refractivity contribution in [2.75, 3.05) is 11.4 Å². The van der Waals surface area contributed by atoms with Crippen LogP contribution in [0.2, 0.25) is 0 Å². The van der Waals surface area contributed by atoms with Gasteiger partial charge in [-0.3, -0.25) is 4.79 Å². The van der Waals surface area contributed by atoms with Crippen molar-refractivity contribution in [3.8, 4) is 0 Å². The van der Waals surface area contributed by atoms with E-state index in [9.17, 15) is 9.18 Å². The molecule has 1 atom stereocenters. The van der Waals surface area contributed by atoms with Crippen LogP contribution < -0.4 is 4.90 Å².